The van der Waals surface area contributed by atoms with Crippen LogP contribution in [0, 0.1) is 5.92 Å². The number of hydrazone groups is 1. The molecule has 2 amide bonds. The summed E-state index contributed by atoms with van der Waals surface area (Å²) in [5, 5.41) is 7.11. The molecule has 2 rings (SSSR count). The van der Waals surface area contributed by atoms with Gasteiger partial charge in [-0.25, -0.2) is 5.43 Å². The van der Waals surface area contributed by atoms with Gasteiger partial charge < -0.3 is 5.32 Å². The first-order valence-electron chi connectivity index (χ1n) is 9.34. The van der Waals surface area contributed by atoms with E-state index < -0.39 is 0 Å². The molecule has 0 bridgehead atoms. The molecule has 0 spiro atoms. The molecule has 1 aliphatic rings. The van der Waals surface area contributed by atoms with Crippen molar-refractivity contribution in [1.29, 1.82) is 0 Å². The molecule has 1 aliphatic carbocycles. The van der Waals surface area contributed by atoms with Crippen LogP contribution in [0.4, 0.5) is 5.69 Å². The van der Waals surface area contributed by atoms with Gasteiger partial charge in [-0.1, -0.05) is 44.7 Å². The van der Waals surface area contributed by atoms with Crippen molar-refractivity contribution in [2.75, 3.05) is 5.32 Å². The Kier molecular flexibility index (Phi) is 7.64. The lowest BCUT2D eigenvalue weighted by Gasteiger charge is -2.07. The zero-order valence-electron chi connectivity index (χ0n) is 15.3. The summed E-state index contributed by atoms with van der Waals surface area (Å²) in [5.41, 5.74) is 5.00. The third kappa shape index (κ3) is 7.08. The molecule has 0 unspecified atom stereocenters. The summed E-state index contributed by atoms with van der Waals surface area (Å²) < 4.78 is 0. The topological polar surface area (TPSA) is 70.6 Å². The fourth-order valence-corrected chi connectivity index (χ4v) is 2.57. The molecule has 0 radical (unpaired) electrons. The lowest BCUT2D eigenvalue weighted by atomic mass is 10.1. The molecular formula is C20H29N3O2. The number of carbonyl (C=O) groups is 2. The normalized spacial score (nSPS) is 14.2. The van der Waals surface area contributed by atoms with E-state index in [-0.39, 0.29) is 17.7 Å². The summed E-state index contributed by atoms with van der Waals surface area (Å²) in [7, 11) is 0. The van der Waals surface area contributed by atoms with Crippen LogP contribution < -0.4 is 10.7 Å². The molecule has 1 aromatic carbocycles. The number of carbonyl (C=O) groups excluding carboxylic acids is 2. The fourth-order valence-electron chi connectivity index (χ4n) is 2.57. The summed E-state index contributed by atoms with van der Waals surface area (Å²) >= 11 is 0. The minimum absolute atomic E-state index is 0.0472. The van der Waals surface area contributed by atoms with E-state index in [0.717, 1.165) is 42.6 Å². The van der Waals surface area contributed by atoms with Crippen molar-refractivity contribution in [1.82, 2.24) is 5.43 Å². The molecule has 0 aliphatic heterocycles. The van der Waals surface area contributed by atoms with E-state index in [1.54, 1.807) is 0 Å². The Morgan fingerprint density at radius 3 is 2.64 bits per heavy atom. The van der Waals surface area contributed by atoms with Crippen LogP contribution in [-0.4, -0.2) is 17.5 Å². The van der Waals surface area contributed by atoms with Gasteiger partial charge in [0.1, 0.15) is 0 Å². The predicted octanol–water partition coefficient (Wildman–Crippen LogP) is 4.24. The molecular weight excluding hydrogens is 314 g/mol. The fraction of sp³-hybridized carbons (Fsp3) is 0.550. The lowest BCUT2D eigenvalue weighted by molar-refractivity contribution is -0.121. The highest BCUT2D eigenvalue weighted by molar-refractivity contribution is 6.01. The van der Waals surface area contributed by atoms with Crippen LogP contribution in [-0.2, 0) is 9.59 Å². The van der Waals surface area contributed by atoms with Crippen LogP contribution in [0.1, 0.15) is 70.8 Å². The van der Waals surface area contributed by atoms with E-state index in [9.17, 15) is 9.59 Å². The van der Waals surface area contributed by atoms with Gasteiger partial charge in [-0.05, 0) is 43.9 Å². The van der Waals surface area contributed by atoms with Gasteiger partial charge in [0.15, 0.2) is 0 Å². The van der Waals surface area contributed by atoms with Crippen molar-refractivity contribution in [3.05, 3.63) is 29.8 Å². The highest BCUT2D eigenvalue weighted by atomic mass is 16.2. The van der Waals surface area contributed by atoms with Gasteiger partial charge in [-0.2, -0.15) is 5.10 Å². The Labute approximate surface area is 150 Å². The first kappa shape index (κ1) is 19.2. The van der Waals surface area contributed by atoms with E-state index in [0.29, 0.717) is 6.42 Å². The number of anilines is 1. The zero-order valence-corrected chi connectivity index (χ0v) is 15.3. The Hall–Kier alpha value is -2.17. The summed E-state index contributed by atoms with van der Waals surface area (Å²) in [5.74, 6) is 0.215. The maximum atomic E-state index is 11.8. The van der Waals surface area contributed by atoms with Crippen LogP contribution in [0.25, 0.3) is 0 Å². The van der Waals surface area contributed by atoms with Gasteiger partial charge in [0.2, 0.25) is 11.8 Å². The molecule has 25 heavy (non-hydrogen) atoms. The number of nitrogens with zero attached hydrogens (tertiary/aromatic N) is 1. The molecule has 5 nitrogen and oxygen atoms in total. The van der Waals surface area contributed by atoms with Crippen molar-refractivity contribution >= 4 is 23.2 Å². The standard InChI is InChI=1S/C20H29N3O2/c1-3-4-5-6-7-11-19(24)23-22-15(2)17-9-8-10-18(14-17)21-20(25)16-12-13-16/h8-10,14,16H,3-7,11-13H2,1-2H3,(H,21,25)(H,23,24)/b22-15-. The average molecular weight is 343 g/mol. The molecule has 0 atom stereocenters. The molecule has 136 valence electrons. The van der Waals surface area contributed by atoms with Crippen LogP contribution >= 0.6 is 0 Å². The largest absolute Gasteiger partial charge is 0.326 e. The second kappa shape index (κ2) is 9.97. The minimum Gasteiger partial charge on any atom is -0.326 e. The summed E-state index contributed by atoms with van der Waals surface area (Å²) in [6.45, 7) is 4.03. The number of rotatable bonds is 10. The van der Waals surface area contributed by atoms with Crippen LogP contribution in [0.15, 0.2) is 29.4 Å². The Balaban J connectivity index is 1.80. The molecule has 1 aromatic rings. The summed E-state index contributed by atoms with van der Waals surface area (Å²) in [6, 6.07) is 7.55. The maximum Gasteiger partial charge on any atom is 0.240 e. The zero-order chi connectivity index (χ0) is 18.1. The predicted molar refractivity (Wildman–Crippen MR) is 102 cm³/mol. The number of hydrogen-bond acceptors (Lipinski definition) is 3. The Bertz CT molecular complexity index is 621. The van der Waals surface area contributed by atoms with Crippen molar-refractivity contribution in [3.63, 3.8) is 0 Å². The first-order chi connectivity index (χ1) is 12.1. The quantitative estimate of drug-likeness (QED) is 0.379. The summed E-state index contributed by atoms with van der Waals surface area (Å²) in [4.78, 5) is 23.7. The Morgan fingerprint density at radius 2 is 1.92 bits per heavy atom. The van der Waals surface area contributed by atoms with E-state index in [4.69, 9.17) is 0 Å². The highest BCUT2D eigenvalue weighted by Gasteiger charge is 2.29. The van der Waals surface area contributed by atoms with Crippen molar-refractivity contribution < 1.29 is 9.59 Å². The van der Waals surface area contributed by atoms with Crippen LogP contribution in [0.2, 0.25) is 0 Å². The lowest BCUT2D eigenvalue weighted by Crippen LogP contribution is -2.19. The van der Waals surface area contributed by atoms with Gasteiger partial charge in [0.05, 0.1) is 5.71 Å². The number of hydrogen-bond donors (Lipinski definition) is 2. The molecule has 0 aromatic heterocycles. The molecule has 5 heteroatoms. The van der Waals surface area contributed by atoms with Crippen molar-refractivity contribution in [2.24, 2.45) is 11.0 Å². The van der Waals surface area contributed by atoms with Gasteiger partial charge in [0.25, 0.3) is 0 Å². The Morgan fingerprint density at radius 1 is 1.16 bits per heavy atom. The van der Waals surface area contributed by atoms with Gasteiger partial charge in [-0.3, -0.25) is 9.59 Å². The second-order valence-corrected chi connectivity index (χ2v) is 6.74. The maximum absolute atomic E-state index is 11.8. The van der Waals surface area contributed by atoms with Crippen LogP contribution in [0.3, 0.4) is 0 Å². The molecule has 0 heterocycles. The van der Waals surface area contributed by atoms with Gasteiger partial charge in [0, 0.05) is 18.0 Å². The van der Waals surface area contributed by atoms with E-state index in [2.05, 4.69) is 22.8 Å². The van der Waals surface area contributed by atoms with E-state index in [1.807, 2.05) is 31.2 Å². The van der Waals surface area contributed by atoms with Crippen LogP contribution in [0.5, 0.6) is 0 Å². The molecule has 0 saturated heterocycles. The van der Waals surface area contributed by atoms with E-state index >= 15 is 0 Å². The average Bonchev–Trinajstić information content (AvgIpc) is 3.45. The number of benzene rings is 1. The third-order valence-electron chi connectivity index (χ3n) is 4.35. The molecule has 2 N–H and O–H groups in total. The first-order valence-corrected chi connectivity index (χ1v) is 9.34. The number of unbranched alkanes of at least 4 members (excludes halogenated alkanes) is 4. The van der Waals surface area contributed by atoms with Crippen molar-refractivity contribution in [2.45, 2.75) is 65.2 Å². The molecule has 1 fully saturated rings. The smallest absolute Gasteiger partial charge is 0.240 e. The SMILES string of the molecule is CCCCCCCC(=O)N/N=C(/C)c1cccc(NC(=O)C2CC2)c1. The molecule has 1 saturated carbocycles. The third-order valence-corrected chi connectivity index (χ3v) is 4.35. The minimum atomic E-state index is -0.0472. The summed E-state index contributed by atoms with van der Waals surface area (Å²) in [6.07, 6.45) is 8.09. The van der Waals surface area contributed by atoms with Crippen molar-refractivity contribution in [3.8, 4) is 0 Å². The van der Waals surface area contributed by atoms with Gasteiger partial charge in [-0.15, -0.1) is 0 Å². The van der Waals surface area contributed by atoms with Gasteiger partial charge >= 0.3 is 0 Å². The second-order valence-electron chi connectivity index (χ2n) is 6.74. The highest BCUT2D eigenvalue weighted by Crippen LogP contribution is 2.30. The monoisotopic (exact) mass is 343 g/mol. The number of amides is 2. The van der Waals surface area contributed by atoms with E-state index in [1.165, 1.54) is 19.3 Å². The number of nitrogens with one attached hydrogen (secondary N) is 2.